The second-order valence-corrected chi connectivity index (χ2v) is 6.63. The number of nitrogen functional groups attached to an aromatic ring is 1. The van der Waals surface area contributed by atoms with Crippen LogP contribution in [0.4, 0.5) is 5.82 Å². The van der Waals surface area contributed by atoms with E-state index in [-0.39, 0.29) is 17.3 Å². The van der Waals surface area contributed by atoms with Crippen LogP contribution in [0.2, 0.25) is 0 Å². The fourth-order valence-corrected chi connectivity index (χ4v) is 3.18. The average molecular weight is 361 g/mol. The molecule has 20 heavy (non-hydrogen) atoms. The summed E-state index contributed by atoms with van der Waals surface area (Å²) in [5, 5.41) is 0. The number of hydrogen-bond acceptors (Lipinski definition) is 6. The second-order valence-electron chi connectivity index (χ2n) is 3.98. The molecule has 0 aliphatic carbocycles. The maximum Gasteiger partial charge on any atom is 0.244 e. The Morgan fingerprint density at radius 2 is 2.20 bits per heavy atom. The molecule has 0 unspecified atom stereocenters. The van der Waals surface area contributed by atoms with Gasteiger partial charge in [0.2, 0.25) is 10.0 Å². The minimum Gasteiger partial charge on any atom is -0.465 e. The van der Waals surface area contributed by atoms with Crippen molar-refractivity contribution < 1.29 is 12.8 Å². The van der Waals surface area contributed by atoms with Crippen LogP contribution in [0.15, 0.2) is 38.2 Å². The third-order valence-electron chi connectivity index (χ3n) is 2.48. The molecule has 0 spiro atoms. The molecule has 0 fully saturated rings. The lowest BCUT2D eigenvalue weighted by atomic mass is 10.4. The molecule has 2 rings (SSSR count). The SMILES string of the molecule is Cc1ccc(CNS(=O)(=O)c2cc(Br)cnc2NN)o1. The van der Waals surface area contributed by atoms with Gasteiger partial charge in [-0.15, -0.1) is 0 Å². The molecule has 0 aliphatic heterocycles. The van der Waals surface area contributed by atoms with E-state index < -0.39 is 10.0 Å². The highest BCUT2D eigenvalue weighted by atomic mass is 79.9. The number of nitrogens with two attached hydrogens (primary N) is 1. The number of aromatic nitrogens is 1. The standard InChI is InChI=1S/C11H13BrN4O3S/c1-7-2-3-9(19-7)6-15-20(17,18)10-4-8(12)5-14-11(10)16-13/h2-5,15H,6,13H2,1H3,(H,14,16). The minimum atomic E-state index is -3.76. The van der Waals surface area contributed by atoms with Gasteiger partial charge in [0.05, 0.1) is 6.54 Å². The van der Waals surface area contributed by atoms with E-state index in [0.717, 1.165) is 0 Å². The number of hydrazine groups is 1. The highest BCUT2D eigenvalue weighted by Crippen LogP contribution is 2.22. The van der Waals surface area contributed by atoms with Crippen molar-refractivity contribution in [3.8, 4) is 0 Å². The molecular weight excluding hydrogens is 348 g/mol. The molecule has 0 saturated carbocycles. The first-order chi connectivity index (χ1) is 9.42. The van der Waals surface area contributed by atoms with Crippen LogP contribution in [0.3, 0.4) is 0 Å². The van der Waals surface area contributed by atoms with E-state index in [1.165, 1.54) is 12.3 Å². The van der Waals surface area contributed by atoms with Gasteiger partial charge in [0.25, 0.3) is 0 Å². The molecule has 0 aliphatic rings. The molecule has 7 nitrogen and oxygen atoms in total. The normalized spacial score (nSPS) is 11.6. The van der Waals surface area contributed by atoms with E-state index in [0.29, 0.717) is 16.0 Å². The van der Waals surface area contributed by atoms with Crippen molar-refractivity contribution >= 4 is 31.8 Å². The van der Waals surface area contributed by atoms with Crippen molar-refractivity contribution in [2.45, 2.75) is 18.4 Å². The molecule has 2 heterocycles. The summed E-state index contributed by atoms with van der Waals surface area (Å²) in [6.45, 7) is 1.83. The molecule has 108 valence electrons. The van der Waals surface area contributed by atoms with Gasteiger partial charge in [-0.05, 0) is 41.1 Å². The van der Waals surface area contributed by atoms with E-state index in [9.17, 15) is 8.42 Å². The molecule has 0 radical (unpaired) electrons. The lowest BCUT2D eigenvalue weighted by molar-refractivity contribution is 0.475. The number of nitrogens with zero attached hydrogens (tertiary/aromatic N) is 1. The monoisotopic (exact) mass is 360 g/mol. The van der Waals surface area contributed by atoms with Crippen LogP contribution < -0.4 is 16.0 Å². The van der Waals surface area contributed by atoms with E-state index in [4.69, 9.17) is 10.3 Å². The Balaban J connectivity index is 2.24. The number of sulfonamides is 1. The Kier molecular flexibility index (Phi) is 4.43. The van der Waals surface area contributed by atoms with Crippen molar-refractivity contribution in [3.63, 3.8) is 0 Å². The number of halogens is 1. The largest absolute Gasteiger partial charge is 0.465 e. The molecule has 2 aromatic rings. The third-order valence-corrected chi connectivity index (χ3v) is 4.33. The Morgan fingerprint density at radius 3 is 2.80 bits per heavy atom. The first kappa shape index (κ1) is 15.0. The predicted octanol–water partition coefficient (Wildman–Crippen LogP) is 1.51. The number of aryl methyl sites for hydroxylation is 1. The van der Waals surface area contributed by atoms with Crippen LogP contribution in [0, 0.1) is 6.92 Å². The van der Waals surface area contributed by atoms with Gasteiger partial charge in [0.15, 0.2) is 5.82 Å². The number of rotatable bonds is 5. The Labute approximate surface area is 124 Å². The van der Waals surface area contributed by atoms with E-state index in [2.05, 4.69) is 31.1 Å². The summed E-state index contributed by atoms with van der Waals surface area (Å²) in [6, 6.07) is 4.88. The maximum atomic E-state index is 12.2. The summed E-state index contributed by atoms with van der Waals surface area (Å²) in [5.41, 5.74) is 2.26. The predicted molar refractivity (Wildman–Crippen MR) is 77.2 cm³/mol. The molecule has 2 aromatic heterocycles. The maximum absolute atomic E-state index is 12.2. The Bertz CT molecular complexity index is 714. The summed E-state index contributed by atoms with van der Waals surface area (Å²) in [5.74, 6) is 6.58. The lowest BCUT2D eigenvalue weighted by Crippen LogP contribution is -2.25. The van der Waals surface area contributed by atoms with Gasteiger partial charge >= 0.3 is 0 Å². The van der Waals surface area contributed by atoms with Crippen molar-refractivity contribution in [3.05, 3.63) is 40.4 Å². The Morgan fingerprint density at radius 1 is 1.45 bits per heavy atom. The van der Waals surface area contributed by atoms with Crippen molar-refractivity contribution in [1.82, 2.24) is 9.71 Å². The van der Waals surface area contributed by atoms with E-state index in [1.54, 1.807) is 19.1 Å². The van der Waals surface area contributed by atoms with Crippen molar-refractivity contribution in [2.75, 3.05) is 5.43 Å². The third kappa shape index (κ3) is 3.37. The van der Waals surface area contributed by atoms with Crippen LogP contribution in [-0.2, 0) is 16.6 Å². The first-order valence-corrected chi connectivity index (χ1v) is 7.87. The van der Waals surface area contributed by atoms with Gasteiger partial charge in [-0.3, -0.25) is 0 Å². The van der Waals surface area contributed by atoms with Gasteiger partial charge in [-0.25, -0.2) is 24.0 Å². The van der Waals surface area contributed by atoms with Gasteiger partial charge < -0.3 is 9.84 Å². The van der Waals surface area contributed by atoms with Crippen LogP contribution in [0.5, 0.6) is 0 Å². The highest BCUT2D eigenvalue weighted by molar-refractivity contribution is 9.10. The fraction of sp³-hybridized carbons (Fsp3) is 0.182. The van der Waals surface area contributed by atoms with E-state index in [1.807, 2.05) is 0 Å². The molecular formula is C11H13BrN4O3S. The molecule has 0 bridgehead atoms. The van der Waals surface area contributed by atoms with Crippen molar-refractivity contribution in [1.29, 1.82) is 0 Å². The molecule has 0 amide bonds. The number of anilines is 1. The zero-order chi connectivity index (χ0) is 14.8. The molecule has 0 saturated heterocycles. The topological polar surface area (TPSA) is 110 Å². The molecule has 0 aromatic carbocycles. The summed E-state index contributed by atoms with van der Waals surface area (Å²) in [4.78, 5) is 3.85. The van der Waals surface area contributed by atoms with Gasteiger partial charge in [0.1, 0.15) is 16.4 Å². The van der Waals surface area contributed by atoms with Gasteiger partial charge in [-0.2, -0.15) is 0 Å². The minimum absolute atomic E-state index is 0.0438. The fourth-order valence-electron chi connectivity index (χ4n) is 1.56. The van der Waals surface area contributed by atoms with Crippen LogP contribution >= 0.6 is 15.9 Å². The number of furan rings is 1. The number of nitrogens with one attached hydrogen (secondary N) is 2. The summed E-state index contributed by atoms with van der Waals surface area (Å²) in [6.07, 6.45) is 1.45. The zero-order valence-electron chi connectivity index (χ0n) is 10.6. The van der Waals surface area contributed by atoms with Crippen LogP contribution in [0.25, 0.3) is 0 Å². The van der Waals surface area contributed by atoms with Gasteiger partial charge in [0, 0.05) is 10.7 Å². The molecule has 4 N–H and O–H groups in total. The molecule has 9 heteroatoms. The number of pyridine rings is 1. The Hall–Kier alpha value is -1.42. The van der Waals surface area contributed by atoms with Gasteiger partial charge in [-0.1, -0.05) is 0 Å². The van der Waals surface area contributed by atoms with E-state index >= 15 is 0 Å². The van der Waals surface area contributed by atoms with Crippen molar-refractivity contribution in [2.24, 2.45) is 5.84 Å². The summed E-state index contributed by atoms with van der Waals surface area (Å²) in [7, 11) is -3.76. The highest BCUT2D eigenvalue weighted by Gasteiger charge is 2.20. The summed E-state index contributed by atoms with van der Waals surface area (Å²) < 4.78 is 32.7. The molecule has 0 atom stereocenters. The smallest absolute Gasteiger partial charge is 0.244 e. The van der Waals surface area contributed by atoms with Crippen LogP contribution in [0.1, 0.15) is 11.5 Å². The lowest BCUT2D eigenvalue weighted by Gasteiger charge is -2.09. The number of hydrogen-bond donors (Lipinski definition) is 3. The summed E-state index contributed by atoms with van der Waals surface area (Å²) >= 11 is 3.18. The average Bonchev–Trinajstić information content (AvgIpc) is 2.82. The first-order valence-electron chi connectivity index (χ1n) is 5.59. The quantitative estimate of drug-likeness (QED) is 0.550. The van der Waals surface area contributed by atoms with Crippen LogP contribution in [-0.4, -0.2) is 13.4 Å². The zero-order valence-corrected chi connectivity index (χ0v) is 13.0. The second kappa shape index (κ2) is 5.92.